The van der Waals surface area contributed by atoms with E-state index in [0.717, 1.165) is 6.42 Å². The van der Waals surface area contributed by atoms with Crippen molar-refractivity contribution in [3.8, 4) is 0 Å². The van der Waals surface area contributed by atoms with Crippen LogP contribution in [0.5, 0.6) is 0 Å². The van der Waals surface area contributed by atoms with Crippen LogP contribution in [0.15, 0.2) is 0 Å². The van der Waals surface area contributed by atoms with Crippen LogP contribution in [0.3, 0.4) is 0 Å². The second-order valence-corrected chi connectivity index (χ2v) is 5.71. The van der Waals surface area contributed by atoms with Crippen LogP contribution in [0.1, 0.15) is 77.6 Å². The van der Waals surface area contributed by atoms with Crippen LogP contribution in [0.4, 0.5) is 4.79 Å². The van der Waals surface area contributed by atoms with Crippen molar-refractivity contribution in [3.63, 3.8) is 0 Å². The number of hydrogen-bond acceptors (Lipinski definition) is 3. The maximum atomic E-state index is 10.7. The average molecular weight is 270 g/mol. The minimum Gasteiger partial charge on any atom is -0.434 e. The number of rotatable bonds is 11. The molecule has 1 aliphatic rings. The lowest BCUT2D eigenvalue weighted by Gasteiger charge is -2.21. The fourth-order valence-electron chi connectivity index (χ4n) is 2.55. The molecule has 1 rings (SSSR count). The number of carbonyl (C=O) groups is 1. The van der Waals surface area contributed by atoms with E-state index in [0.29, 0.717) is 19.1 Å². The number of hydrogen-bond donors (Lipinski definition) is 0. The molecular formula is C16H30O3. The Kier molecular flexibility index (Phi) is 9.56. The van der Waals surface area contributed by atoms with Gasteiger partial charge in [0, 0.05) is 5.92 Å². The van der Waals surface area contributed by atoms with E-state index in [1.807, 2.05) is 0 Å². The Morgan fingerprint density at radius 1 is 0.842 bits per heavy atom. The Bertz CT molecular complexity index is 218. The molecule has 1 heterocycles. The van der Waals surface area contributed by atoms with Gasteiger partial charge in [-0.05, 0) is 6.42 Å². The smallest absolute Gasteiger partial charge is 0.434 e. The summed E-state index contributed by atoms with van der Waals surface area (Å²) < 4.78 is 9.74. The van der Waals surface area contributed by atoms with E-state index in [2.05, 4.69) is 6.92 Å². The van der Waals surface area contributed by atoms with Gasteiger partial charge < -0.3 is 9.47 Å². The zero-order valence-electron chi connectivity index (χ0n) is 12.5. The fraction of sp³-hybridized carbons (Fsp3) is 0.938. The Hall–Kier alpha value is -0.730. The molecule has 0 N–H and O–H groups in total. The van der Waals surface area contributed by atoms with Crippen molar-refractivity contribution in [2.75, 3.05) is 13.2 Å². The molecule has 112 valence electrons. The summed E-state index contributed by atoms with van der Waals surface area (Å²) in [5.41, 5.74) is 0. The zero-order chi connectivity index (χ0) is 13.8. The minimum atomic E-state index is -0.501. The summed E-state index contributed by atoms with van der Waals surface area (Å²) >= 11 is 0. The van der Waals surface area contributed by atoms with Crippen LogP contribution in [-0.2, 0) is 9.47 Å². The molecule has 3 heteroatoms. The number of cyclic esters (lactones) is 2. The quantitative estimate of drug-likeness (QED) is 0.388. The standard InChI is InChI=1S/C16H30O3/c1-2-3-4-5-6-7-8-9-10-11-12-15-13-18-16(17)19-14-15/h15H,2-14H2,1H3. The van der Waals surface area contributed by atoms with Gasteiger partial charge in [-0.1, -0.05) is 71.1 Å². The third kappa shape index (κ3) is 8.90. The molecule has 0 aromatic carbocycles. The third-order valence-electron chi connectivity index (χ3n) is 3.84. The molecule has 0 aliphatic carbocycles. The van der Waals surface area contributed by atoms with Gasteiger partial charge in [0.15, 0.2) is 0 Å². The predicted octanol–water partition coefficient (Wildman–Crippen LogP) is 5.08. The van der Waals surface area contributed by atoms with Gasteiger partial charge in [0.05, 0.1) is 0 Å². The molecule has 0 unspecified atom stereocenters. The predicted molar refractivity (Wildman–Crippen MR) is 77.3 cm³/mol. The van der Waals surface area contributed by atoms with Crippen molar-refractivity contribution in [1.82, 2.24) is 0 Å². The van der Waals surface area contributed by atoms with Crippen LogP contribution in [0.2, 0.25) is 0 Å². The normalized spacial score (nSPS) is 16.2. The first kappa shape index (κ1) is 16.3. The van der Waals surface area contributed by atoms with Gasteiger partial charge in [-0.3, -0.25) is 0 Å². The summed E-state index contributed by atoms with van der Waals surface area (Å²) in [5, 5.41) is 0. The van der Waals surface area contributed by atoms with E-state index >= 15 is 0 Å². The summed E-state index contributed by atoms with van der Waals surface area (Å²) in [5.74, 6) is 0.423. The highest BCUT2D eigenvalue weighted by Gasteiger charge is 2.20. The number of unbranched alkanes of at least 4 members (excludes halogenated alkanes) is 9. The third-order valence-corrected chi connectivity index (χ3v) is 3.84. The SMILES string of the molecule is CCCCCCCCCCCCC1COC(=O)OC1. The lowest BCUT2D eigenvalue weighted by Crippen LogP contribution is -2.27. The van der Waals surface area contributed by atoms with Gasteiger partial charge in [0.1, 0.15) is 13.2 Å². The van der Waals surface area contributed by atoms with E-state index in [1.165, 1.54) is 64.2 Å². The van der Waals surface area contributed by atoms with Gasteiger partial charge in [0.2, 0.25) is 0 Å². The summed E-state index contributed by atoms with van der Waals surface area (Å²) in [6.07, 6.45) is 14.3. The highest BCUT2D eigenvalue weighted by atomic mass is 16.7. The Morgan fingerprint density at radius 3 is 1.84 bits per heavy atom. The van der Waals surface area contributed by atoms with Crippen molar-refractivity contribution in [2.45, 2.75) is 77.6 Å². The topological polar surface area (TPSA) is 35.5 Å². The number of ether oxygens (including phenoxy) is 2. The van der Waals surface area contributed by atoms with Gasteiger partial charge >= 0.3 is 6.16 Å². The molecule has 0 bridgehead atoms. The van der Waals surface area contributed by atoms with Crippen molar-refractivity contribution in [3.05, 3.63) is 0 Å². The number of carbonyl (C=O) groups excluding carboxylic acids is 1. The lowest BCUT2D eigenvalue weighted by molar-refractivity contribution is -0.0145. The first-order chi connectivity index (χ1) is 9.33. The highest BCUT2D eigenvalue weighted by Crippen LogP contribution is 2.17. The second kappa shape index (κ2) is 11.1. The summed E-state index contributed by atoms with van der Waals surface area (Å²) in [4.78, 5) is 10.7. The lowest BCUT2D eigenvalue weighted by atomic mass is 10.0. The molecule has 19 heavy (non-hydrogen) atoms. The average Bonchev–Trinajstić information content (AvgIpc) is 2.43. The molecule has 0 spiro atoms. The van der Waals surface area contributed by atoms with Crippen LogP contribution in [0.25, 0.3) is 0 Å². The van der Waals surface area contributed by atoms with Crippen LogP contribution < -0.4 is 0 Å². The van der Waals surface area contributed by atoms with E-state index < -0.39 is 6.16 Å². The molecule has 0 radical (unpaired) electrons. The zero-order valence-corrected chi connectivity index (χ0v) is 12.5. The van der Waals surface area contributed by atoms with Crippen LogP contribution in [-0.4, -0.2) is 19.4 Å². The van der Waals surface area contributed by atoms with Crippen molar-refractivity contribution < 1.29 is 14.3 Å². The summed E-state index contributed by atoms with van der Waals surface area (Å²) in [7, 11) is 0. The van der Waals surface area contributed by atoms with Crippen LogP contribution in [0, 0.1) is 5.92 Å². The fourth-order valence-corrected chi connectivity index (χ4v) is 2.55. The molecule has 0 amide bonds. The Morgan fingerprint density at radius 2 is 1.32 bits per heavy atom. The van der Waals surface area contributed by atoms with Gasteiger partial charge in [-0.2, -0.15) is 0 Å². The van der Waals surface area contributed by atoms with E-state index in [1.54, 1.807) is 0 Å². The Balaban J connectivity index is 1.77. The van der Waals surface area contributed by atoms with Crippen molar-refractivity contribution in [2.24, 2.45) is 5.92 Å². The van der Waals surface area contributed by atoms with Crippen LogP contribution >= 0.6 is 0 Å². The van der Waals surface area contributed by atoms with Gasteiger partial charge in [-0.25, -0.2) is 4.79 Å². The molecular weight excluding hydrogens is 240 g/mol. The molecule has 3 nitrogen and oxygen atoms in total. The second-order valence-electron chi connectivity index (χ2n) is 5.71. The molecule has 0 aromatic rings. The molecule has 1 fully saturated rings. The highest BCUT2D eigenvalue weighted by molar-refractivity contribution is 5.60. The van der Waals surface area contributed by atoms with Crippen molar-refractivity contribution in [1.29, 1.82) is 0 Å². The molecule has 1 aliphatic heterocycles. The molecule has 0 atom stereocenters. The summed E-state index contributed by atoms with van der Waals surface area (Å²) in [6, 6.07) is 0. The van der Waals surface area contributed by atoms with Crippen molar-refractivity contribution >= 4 is 6.16 Å². The van der Waals surface area contributed by atoms with E-state index in [4.69, 9.17) is 9.47 Å². The van der Waals surface area contributed by atoms with Gasteiger partial charge in [0.25, 0.3) is 0 Å². The van der Waals surface area contributed by atoms with E-state index in [-0.39, 0.29) is 0 Å². The molecule has 0 aromatic heterocycles. The maximum absolute atomic E-state index is 10.7. The first-order valence-electron chi connectivity index (χ1n) is 8.12. The largest absolute Gasteiger partial charge is 0.508 e. The maximum Gasteiger partial charge on any atom is 0.508 e. The first-order valence-corrected chi connectivity index (χ1v) is 8.12. The summed E-state index contributed by atoms with van der Waals surface area (Å²) in [6.45, 7) is 3.37. The van der Waals surface area contributed by atoms with Gasteiger partial charge in [-0.15, -0.1) is 0 Å². The molecule has 1 saturated heterocycles. The Labute approximate surface area is 118 Å². The minimum absolute atomic E-state index is 0.423. The molecule has 0 saturated carbocycles. The monoisotopic (exact) mass is 270 g/mol. The van der Waals surface area contributed by atoms with E-state index in [9.17, 15) is 4.79 Å².